The third-order valence-corrected chi connectivity index (χ3v) is 5.93. The molecule has 182 valence electrons. The fourth-order valence-corrected chi connectivity index (χ4v) is 4.23. The largest absolute Gasteiger partial charge is 0.390 e. The van der Waals surface area contributed by atoms with E-state index in [0.29, 0.717) is 19.6 Å². The Morgan fingerprint density at radius 1 is 1.18 bits per heavy atom. The maximum Gasteiger partial charge on any atom is 0.194 e. The molecule has 34 heavy (non-hydrogen) atoms. The van der Waals surface area contributed by atoms with E-state index >= 15 is 0 Å². The van der Waals surface area contributed by atoms with Crippen molar-refractivity contribution in [1.29, 1.82) is 0 Å². The summed E-state index contributed by atoms with van der Waals surface area (Å²) in [4.78, 5) is 17.0. The minimum absolute atomic E-state index is 0. The first-order chi connectivity index (χ1) is 16.1. The second-order valence-electron chi connectivity index (χ2n) is 8.57. The van der Waals surface area contributed by atoms with Gasteiger partial charge in [0.1, 0.15) is 5.82 Å². The number of hydrogen-bond acceptors (Lipinski definition) is 4. The third kappa shape index (κ3) is 7.04. The minimum atomic E-state index is -0.509. The number of H-pyrrole nitrogens is 1. The Balaban J connectivity index is 0.00000324. The van der Waals surface area contributed by atoms with Gasteiger partial charge in [-0.05, 0) is 30.0 Å². The van der Waals surface area contributed by atoms with Crippen LogP contribution in [-0.2, 0) is 19.5 Å². The van der Waals surface area contributed by atoms with E-state index in [1.54, 1.807) is 0 Å². The number of β-amino-alcohol motifs (C(OH)–C–C–N with tert-alkyl or cyclic N) is 1. The molecule has 1 unspecified atom stereocenters. The van der Waals surface area contributed by atoms with Crippen LogP contribution >= 0.6 is 24.0 Å². The average Bonchev–Trinajstić information content (AvgIpc) is 3.30. The van der Waals surface area contributed by atoms with Gasteiger partial charge in [-0.3, -0.25) is 9.89 Å². The third-order valence-electron chi connectivity index (χ3n) is 5.93. The summed E-state index contributed by atoms with van der Waals surface area (Å²) in [6.07, 6.45) is 2.39. The fraction of sp³-hybridized carbons (Fsp3) is 0.385. The molecule has 0 saturated carbocycles. The van der Waals surface area contributed by atoms with Crippen molar-refractivity contribution in [1.82, 2.24) is 25.1 Å². The van der Waals surface area contributed by atoms with Crippen LogP contribution in [0.3, 0.4) is 0 Å². The van der Waals surface area contributed by atoms with Crippen molar-refractivity contribution in [3.63, 3.8) is 0 Å². The van der Waals surface area contributed by atoms with Crippen LogP contribution in [0, 0.1) is 0 Å². The summed E-state index contributed by atoms with van der Waals surface area (Å²) in [6, 6.07) is 18.7. The van der Waals surface area contributed by atoms with Gasteiger partial charge >= 0.3 is 0 Å². The molecule has 7 nitrogen and oxygen atoms in total. The second kappa shape index (κ2) is 12.9. The van der Waals surface area contributed by atoms with Crippen LogP contribution in [0.1, 0.15) is 23.9 Å². The van der Waals surface area contributed by atoms with E-state index in [1.807, 2.05) is 43.3 Å². The Bertz CT molecular complexity index is 1050. The lowest BCUT2D eigenvalue weighted by molar-refractivity contribution is 0.111. The van der Waals surface area contributed by atoms with Gasteiger partial charge in [0.15, 0.2) is 5.96 Å². The Kier molecular flexibility index (Phi) is 9.91. The first-order valence-corrected chi connectivity index (χ1v) is 11.7. The Morgan fingerprint density at radius 3 is 2.68 bits per heavy atom. The molecule has 0 amide bonds. The zero-order chi connectivity index (χ0) is 23.0. The maximum absolute atomic E-state index is 10.7. The Morgan fingerprint density at radius 2 is 1.91 bits per heavy atom. The molecule has 0 radical (unpaired) electrons. The van der Waals surface area contributed by atoms with E-state index in [4.69, 9.17) is 4.99 Å². The van der Waals surface area contributed by atoms with E-state index in [9.17, 15) is 5.11 Å². The summed E-state index contributed by atoms with van der Waals surface area (Å²) in [6.45, 7) is 6.25. The number of aliphatic hydroxyl groups is 1. The highest BCUT2D eigenvalue weighted by atomic mass is 127. The number of imidazole rings is 1. The topological polar surface area (TPSA) is 79.8 Å². The molecule has 0 saturated heterocycles. The number of fused-ring (bicyclic) bond motifs is 1. The Labute approximate surface area is 219 Å². The molecule has 2 heterocycles. The number of hydrogen-bond donors (Lipinski definition) is 3. The molecule has 1 aromatic heterocycles. The maximum atomic E-state index is 10.7. The van der Waals surface area contributed by atoms with Crippen molar-refractivity contribution in [2.24, 2.45) is 4.99 Å². The fourth-order valence-electron chi connectivity index (χ4n) is 4.23. The van der Waals surface area contributed by atoms with Crippen LogP contribution in [-0.4, -0.2) is 70.2 Å². The second-order valence-corrected chi connectivity index (χ2v) is 8.57. The first-order valence-electron chi connectivity index (χ1n) is 11.7. The number of aliphatic hydroxyl groups excluding tert-OH is 1. The van der Waals surface area contributed by atoms with Crippen molar-refractivity contribution in [3.8, 4) is 11.3 Å². The van der Waals surface area contributed by atoms with Crippen LogP contribution < -0.4 is 5.32 Å². The zero-order valence-corrected chi connectivity index (χ0v) is 22.3. The monoisotopic (exact) mass is 574 g/mol. The standard InChI is InChI=1S/C26H34N6O.HI/c1-3-27-26(31(2)19-25-28-16-24(30-25)21-10-5-4-6-11-21)29-15-23(33)18-32-14-13-20-9-7-8-12-22(20)17-32;/h4-12,16,23,33H,3,13-15,17-19H2,1-2H3,(H,27,29)(H,28,30);1H. The van der Waals surface area contributed by atoms with Crippen LogP contribution in [0.4, 0.5) is 0 Å². The predicted octanol–water partition coefficient (Wildman–Crippen LogP) is 3.51. The molecule has 0 aliphatic carbocycles. The molecule has 3 aromatic rings. The minimum Gasteiger partial charge on any atom is -0.390 e. The van der Waals surface area contributed by atoms with Gasteiger partial charge in [-0.25, -0.2) is 4.98 Å². The molecule has 0 bridgehead atoms. The normalized spacial score (nSPS) is 14.7. The van der Waals surface area contributed by atoms with Crippen molar-refractivity contribution < 1.29 is 5.11 Å². The molecule has 3 N–H and O–H groups in total. The number of halogens is 1. The molecule has 8 heteroatoms. The first kappa shape index (κ1) is 26.2. The highest BCUT2D eigenvalue weighted by Gasteiger charge is 2.18. The summed E-state index contributed by atoms with van der Waals surface area (Å²) in [5, 5.41) is 14.0. The highest BCUT2D eigenvalue weighted by Crippen LogP contribution is 2.19. The van der Waals surface area contributed by atoms with Gasteiger partial charge in [0, 0.05) is 33.2 Å². The van der Waals surface area contributed by atoms with Crippen molar-refractivity contribution in [2.45, 2.75) is 32.5 Å². The van der Waals surface area contributed by atoms with Gasteiger partial charge in [0.2, 0.25) is 0 Å². The van der Waals surface area contributed by atoms with Gasteiger partial charge < -0.3 is 20.3 Å². The van der Waals surface area contributed by atoms with Gasteiger partial charge in [-0.1, -0.05) is 54.6 Å². The lowest BCUT2D eigenvalue weighted by Crippen LogP contribution is -2.41. The average molecular weight is 575 g/mol. The number of aromatic amines is 1. The lowest BCUT2D eigenvalue weighted by Gasteiger charge is -2.30. The van der Waals surface area contributed by atoms with E-state index in [2.05, 4.69) is 56.6 Å². The molecule has 2 aromatic carbocycles. The van der Waals surface area contributed by atoms with E-state index < -0.39 is 6.10 Å². The summed E-state index contributed by atoms with van der Waals surface area (Å²) in [5.41, 5.74) is 4.90. The van der Waals surface area contributed by atoms with E-state index in [1.165, 1.54) is 11.1 Å². The number of benzene rings is 2. The number of aliphatic imine (C=N–C) groups is 1. The van der Waals surface area contributed by atoms with Crippen LogP contribution in [0.5, 0.6) is 0 Å². The van der Waals surface area contributed by atoms with E-state index in [-0.39, 0.29) is 24.0 Å². The van der Waals surface area contributed by atoms with Crippen LogP contribution in [0.2, 0.25) is 0 Å². The number of nitrogens with one attached hydrogen (secondary N) is 2. The lowest BCUT2D eigenvalue weighted by atomic mass is 10.00. The van der Waals surface area contributed by atoms with Gasteiger partial charge in [0.25, 0.3) is 0 Å². The van der Waals surface area contributed by atoms with Gasteiger partial charge in [-0.15, -0.1) is 24.0 Å². The SMILES string of the molecule is CCNC(=NCC(O)CN1CCc2ccccc2C1)N(C)Cc1ncc(-c2ccccc2)[nH]1.I. The smallest absolute Gasteiger partial charge is 0.194 e. The molecular formula is C26H35IN6O. The summed E-state index contributed by atoms with van der Waals surface area (Å²) < 4.78 is 0. The molecule has 1 aliphatic heterocycles. The van der Waals surface area contributed by atoms with E-state index in [0.717, 1.165) is 49.1 Å². The zero-order valence-electron chi connectivity index (χ0n) is 19.9. The molecule has 0 spiro atoms. The number of rotatable bonds is 8. The quantitative estimate of drug-likeness (QED) is 0.218. The number of guanidine groups is 1. The summed E-state index contributed by atoms with van der Waals surface area (Å²) >= 11 is 0. The van der Waals surface area contributed by atoms with Gasteiger partial charge in [-0.2, -0.15) is 0 Å². The predicted molar refractivity (Wildman–Crippen MR) is 148 cm³/mol. The molecule has 1 aliphatic rings. The van der Waals surface area contributed by atoms with Crippen LogP contribution in [0.15, 0.2) is 65.8 Å². The molecule has 0 fully saturated rings. The molecule has 1 atom stereocenters. The number of aromatic nitrogens is 2. The van der Waals surface area contributed by atoms with Crippen LogP contribution in [0.25, 0.3) is 11.3 Å². The molecule has 4 rings (SSSR count). The summed E-state index contributed by atoms with van der Waals surface area (Å²) in [5.74, 6) is 1.63. The number of nitrogens with zero attached hydrogens (tertiary/aromatic N) is 4. The van der Waals surface area contributed by atoms with Gasteiger partial charge in [0.05, 0.1) is 31.1 Å². The van der Waals surface area contributed by atoms with Crippen molar-refractivity contribution >= 4 is 29.9 Å². The Hall–Kier alpha value is -2.43. The highest BCUT2D eigenvalue weighted by molar-refractivity contribution is 14.0. The van der Waals surface area contributed by atoms with Crippen molar-refractivity contribution in [3.05, 3.63) is 77.7 Å². The summed E-state index contributed by atoms with van der Waals surface area (Å²) in [7, 11) is 1.99. The molecular weight excluding hydrogens is 539 g/mol. The van der Waals surface area contributed by atoms with Crippen molar-refractivity contribution in [2.75, 3.05) is 33.2 Å².